The monoisotopic (exact) mass is 524 g/mol. The van der Waals surface area contributed by atoms with E-state index in [1.165, 1.54) is 6.20 Å². The Morgan fingerprint density at radius 1 is 1.24 bits per heavy atom. The van der Waals surface area contributed by atoms with Crippen LogP contribution in [0.1, 0.15) is 56.5 Å². The highest BCUT2D eigenvalue weighted by Gasteiger charge is 2.28. The average molecular weight is 525 g/mol. The number of carboxylic acid groups (broad SMARTS) is 1. The molecule has 4 rings (SSSR count). The van der Waals surface area contributed by atoms with Crippen molar-refractivity contribution in [1.82, 2.24) is 15.3 Å². The van der Waals surface area contributed by atoms with Crippen molar-refractivity contribution in [2.75, 3.05) is 28.6 Å². The molecule has 0 bridgehead atoms. The number of carbonyl (C=O) groups is 3. The SMILES string of the molecule is CCc1cnc2c(C(=O)Nc3cnccc3N3CCC[C@H](NC(=O)O)C3)c(NC(=O)OC(C)(C)C)oc2c1. The number of aryl methyl sites for hydroxylation is 1. The van der Waals surface area contributed by atoms with Crippen molar-refractivity contribution in [1.29, 1.82) is 0 Å². The van der Waals surface area contributed by atoms with Crippen molar-refractivity contribution in [3.63, 3.8) is 0 Å². The van der Waals surface area contributed by atoms with Gasteiger partial charge in [-0.05, 0) is 57.7 Å². The number of nitrogens with zero attached hydrogens (tertiary/aromatic N) is 3. The molecule has 3 aromatic rings. The second-order valence-corrected chi connectivity index (χ2v) is 10.1. The maximum absolute atomic E-state index is 13.6. The van der Waals surface area contributed by atoms with Gasteiger partial charge >= 0.3 is 12.2 Å². The van der Waals surface area contributed by atoms with E-state index in [1.54, 1.807) is 45.3 Å². The standard InChI is InChI=1S/C26H32N6O6/c1-5-15-11-19-21(28-12-15)20(23(37-19)31-25(36)38-26(2,3)4)22(33)30-17-13-27-9-8-18(17)32-10-6-7-16(14-32)29-24(34)35/h8-9,11-13,16,29H,5-7,10,14H2,1-4H3,(H,30,33)(H,31,36)(H,34,35)/t16-/m0/s1. The zero-order valence-electron chi connectivity index (χ0n) is 21.8. The predicted molar refractivity (Wildman–Crippen MR) is 142 cm³/mol. The molecule has 12 heteroatoms. The molecule has 3 aromatic heterocycles. The van der Waals surface area contributed by atoms with Crippen LogP contribution < -0.4 is 20.9 Å². The molecule has 38 heavy (non-hydrogen) atoms. The largest absolute Gasteiger partial charge is 0.465 e. The van der Waals surface area contributed by atoms with Gasteiger partial charge in [-0.2, -0.15) is 0 Å². The van der Waals surface area contributed by atoms with Crippen molar-refractivity contribution in [3.05, 3.63) is 41.9 Å². The third kappa shape index (κ3) is 6.31. The molecule has 1 saturated heterocycles. The summed E-state index contributed by atoms with van der Waals surface area (Å²) in [6.45, 7) is 8.30. The highest BCUT2D eigenvalue weighted by atomic mass is 16.6. The van der Waals surface area contributed by atoms with Crippen LogP contribution in [0.2, 0.25) is 0 Å². The molecule has 1 aliphatic rings. The number of hydrogen-bond donors (Lipinski definition) is 4. The Hall–Kier alpha value is -4.35. The molecule has 0 saturated carbocycles. The maximum atomic E-state index is 13.6. The van der Waals surface area contributed by atoms with Gasteiger partial charge in [0.2, 0.25) is 5.88 Å². The molecule has 1 aliphatic heterocycles. The Morgan fingerprint density at radius 3 is 2.74 bits per heavy atom. The van der Waals surface area contributed by atoms with E-state index in [-0.39, 0.29) is 17.5 Å². The molecule has 4 N–H and O–H groups in total. The number of hydrogen-bond acceptors (Lipinski definition) is 8. The number of nitrogens with one attached hydrogen (secondary N) is 3. The number of ether oxygens (including phenoxy) is 1. The topological polar surface area (TPSA) is 159 Å². The molecule has 4 heterocycles. The van der Waals surface area contributed by atoms with Crippen LogP contribution in [0.15, 0.2) is 35.1 Å². The van der Waals surface area contributed by atoms with Gasteiger partial charge in [-0.25, -0.2) is 9.59 Å². The van der Waals surface area contributed by atoms with E-state index in [1.807, 2.05) is 11.8 Å². The van der Waals surface area contributed by atoms with Crippen molar-refractivity contribution < 1.29 is 28.6 Å². The highest BCUT2D eigenvalue weighted by molar-refractivity contribution is 6.16. The quantitative estimate of drug-likeness (QED) is 0.361. The van der Waals surface area contributed by atoms with E-state index < -0.39 is 23.7 Å². The van der Waals surface area contributed by atoms with Crippen molar-refractivity contribution in [3.8, 4) is 0 Å². The minimum Gasteiger partial charge on any atom is -0.465 e. The van der Waals surface area contributed by atoms with Gasteiger partial charge < -0.3 is 29.8 Å². The fraction of sp³-hybridized carbons (Fsp3) is 0.423. The predicted octanol–water partition coefficient (Wildman–Crippen LogP) is 4.62. The number of aromatic nitrogens is 2. The summed E-state index contributed by atoms with van der Waals surface area (Å²) in [5.41, 5.74) is 1.97. The van der Waals surface area contributed by atoms with E-state index in [4.69, 9.17) is 14.3 Å². The number of rotatable bonds is 6. The number of carbonyl (C=O) groups excluding carboxylic acids is 2. The average Bonchev–Trinajstić information content (AvgIpc) is 3.19. The molecule has 0 spiro atoms. The summed E-state index contributed by atoms with van der Waals surface area (Å²) in [5, 5.41) is 17.1. The Kier molecular flexibility index (Phi) is 7.70. The first-order chi connectivity index (χ1) is 18.0. The number of amides is 3. The number of pyridine rings is 2. The van der Waals surface area contributed by atoms with Gasteiger partial charge in [-0.3, -0.25) is 20.1 Å². The fourth-order valence-electron chi connectivity index (χ4n) is 4.34. The number of anilines is 3. The third-order valence-electron chi connectivity index (χ3n) is 5.97. The normalized spacial score (nSPS) is 15.7. The number of furan rings is 1. The second kappa shape index (κ2) is 11.0. The van der Waals surface area contributed by atoms with Gasteiger partial charge in [0.05, 0.1) is 17.6 Å². The van der Waals surface area contributed by atoms with E-state index in [2.05, 4.69) is 25.9 Å². The van der Waals surface area contributed by atoms with Gasteiger partial charge in [-0.1, -0.05) is 6.92 Å². The Labute approximate surface area is 219 Å². The lowest BCUT2D eigenvalue weighted by molar-refractivity contribution is 0.0632. The molecule has 0 unspecified atom stereocenters. The summed E-state index contributed by atoms with van der Waals surface area (Å²) in [6, 6.07) is 3.30. The van der Waals surface area contributed by atoms with Gasteiger partial charge in [0.25, 0.3) is 5.91 Å². The molecule has 12 nitrogen and oxygen atoms in total. The fourth-order valence-corrected chi connectivity index (χ4v) is 4.34. The van der Waals surface area contributed by atoms with Gasteiger partial charge in [0.1, 0.15) is 16.7 Å². The van der Waals surface area contributed by atoms with Crippen LogP contribution in [-0.4, -0.2) is 57.9 Å². The van der Waals surface area contributed by atoms with E-state index >= 15 is 0 Å². The summed E-state index contributed by atoms with van der Waals surface area (Å²) in [5.74, 6) is -0.639. The lowest BCUT2D eigenvalue weighted by Crippen LogP contribution is -2.47. The minimum atomic E-state index is -1.07. The Bertz CT molecular complexity index is 1350. The van der Waals surface area contributed by atoms with Gasteiger partial charge in [0.15, 0.2) is 5.58 Å². The van der Waals surface area contributed by atoms with Crippen molar-refractivity contribution in [2.45, 2.75) is 58.6 Å². The Balaban J connectivity index is 1.65. The van der Waals surface area contributed by atoms with Gasteiger partial charge in [-0.15, -0.1) is 0 Å². The van der Waals surface area contributed by atoms with E-state index in [9.17, 15) is 14.4 Å². The summed E-state index contributed by atoms with van der Waals surface area (Å²) >= 11 is 0. The first-order valence-corrected chi connectivity index (χ1v) is 12.4. The molecule has 0 aliphatic carbocycles. The molecule has 1 fully saturated rings. The molecule has 202 valence electrons. The molecule has 1 atom stereocenters. The van der Waals surface area contributed by atoms with Crippen LogP contribution in [0.5, 0.6) is 0 Å². The van der Waals surface area contributed by atoms with E-state index in [0.29, 0.717) is 42.0 Å². The van der Waals surface area contributed by atoms with Crippen LogP contribution in [0.3, 0.4) is 0 Å². The smallest absolute Gasteiger partial charge is 0.414 e. The van der Waals surface area contributed by atoms with Crippen LogP contribution in [0.25, 0.3) is 11.1 Å². The third-order valence-corrected chi connectivity index (χ3v) is 5.97. The zero-order chi connectivity index (χ0) is 27.4. The van der Waals surface area contributed by atoms with E-state index in [0.717, 1.165) is 18.4 Å². The van der Waals surface area contributed by atoms with Crippen LogP contribution >= 0.6 is 0 Å². The molecular weight excluding hydrogens is 492 g/mol. The maximum Gasteiger partial charge on any atom is 0.414 e. The van der Waals surface area contributed by atoms with Crippen molar-refractivity contribution in [2.24, 2.45) is 0 Å². The summed E-state index contributed by atoms with van der Waals surface area (Å²) in [4.78, 5) is 47.9. The Morgan fingerprint density at radius 2 is 2.03 bits per heavy atom. The first-order valence-electron chi connectivity index (χ1n) is 12.4. The van der Waals surface area contributed by atoms with Crippen LogP contribution in [0.4, 0.5) is 26.8 Å². The van der Waals surface area contributed by atoms with Crippen molar-refractivity contribution >= 4 is 46.5 Å². The second-order valence-electron chi connectivity index (χ2n) is 10.1. The minimum absolute atomic E-state index is 0.0485. The van der Waals surface area contributed by atoms with Crippen LogP contribution in [-0.2, 0) is 11.2 Å². The number of piperidine rings is 1. The first kappa shape index (κ1) is 26.7. The number of fused-ring (bicyclic) bond motifs is 1. The zero-order valence-corrected chi connectivity index (χ0v) is 21.8. The lowest BCUT2D eigenvalue weighted by atomic mass is 10.0. The van der Waals surface area contributed by atoms with Gasteiger partial charge in [0, 0.05) is 31.5 Å². The summed E-state index contributed by atoms with van der Waals surface area (Å²) in [7, 11) is 0. The molecule has 0 aromatic carbocycles. The summed E-state index contributed by atoms with van der Waals surface area (Å²) < 4.78 is 11.2. The molecule has 0 radical (unpaired) electrons. The highest BCUT2D eigenvalue weighted by Crippen LogP contribution is 2.33. The molecule has 3 amide bonds. The lowest BCUT2D eigenvalue weighted by Gasteiger charge is -2.35. The van der Waals surface area contributed by atoms with Crippen LogP contribution in [0, 0.1) is 0 Å². The summed E-state index contributed by atoms with van der Waals surface area (Å²) in [6.07, 6.45) is 5.16. The molecular formula is C26H32N6O6.